The van der Waals surface area contributed by atoms with Gasteiger partial charge in [0.05, 0.1) is 6.54 Å². The summed E-state index contributed by atoms with van der Waals surface area (Å²) in [5.74, 6) is 0. The Labute approximate surface area is 91.4 Å². The maximum Gasteiger partial charge on any atom is 0.173 e. The molecule has 0 saturated carbocycles. The standard InChI is InChI=1S/C12H19NO2/c1-9-5-10(2)7-11(6-9)13-8-12(14-3)15-4/h5-7,12-13H,8H2,1-4H3. The molecule has 1 aromatic carbocycles. The third-order valence-corrected chi connectivity index (χ3v) is 2.22. The zero-order chi connectivity index (χ0) is 11.3. The van der Waals surface area contributed by atoms with Gasteiger partial charge in [0.2, 0.25) is 0 Å². The lowest BCUT2D eigenvalue weighted by Crippen LogP contribution is -2.23. The van der Waals surface area contributed by atoms with Gasteiger partial charge in [0.15, 0.2) is 6.29 Å². The highest BCUT2D eigenvalue weighted by atomic mass is 16.7. The molecule has 1 rings (SSSR count). The molecule has 15 heavy (non-hydrogen) atoms. The summed E-state index contributed by atoms with van der Waals surface area (Å²) < 4.78 is 10.2. The van der Waals surface area contributed by atoms with E-state index in [1.54, 1.807) is 14.2 Å². The Morgan fingerprint density at radius 2 is 1.60 bits per heavy atom. The van der Waals surface area contributed by atoms with E-state index in [1.165, 1.54) is 11.1 Å². The van der Waals surface area contributed by atoms with Gasteiger partial charge in [-0.3, -0.25) is 0 Å². The fraction of sp³-hybridized carbons (Fsp3) is 0.500. The van der Waals surface area contributed by atoms with E-state index in [1.807, 2.05) is 0 Å². The van der Waals surface area contributed by atoms with E-state index in [4.69, 9.17) is 9.47 Å². The predicted octanol–water partition coefficient (Wildman–Crippen LogP) is 2.33. The molecule has 0 aliphatic carbocycles. The van der Waals surface area contributed by atoms with E-state index in [-0.39, 0.29) is 6.29 Å². The number of hydrogen-bond donors (Lipinski definition) is 1. The fourth-order valence-corrected chi connectivity index (χ4v) is 1.54. The average Bonchev–Trinajstić information content (AvgIpc) is 2.18. The average molecular weight is 209 g/mol. The van der Waals surface area contributed by atoms with Crippen LogP contribution in [0.3, 0.4) is 0 Å². The lowest BCUT2D eigenvalue weighted by Gasteiger charge is -2.15. The molecular weight excluding hydrogens is 190 g/mol. The molecule has 0 amide bonds. The van der Waals surface area contributed by atoms with Gasteiger partial charge < -0.3 is 14.8 Å². The van der Waals surface area contributed by atoms with Gasteiger partial charge in [-0.2, -0.15) is 0 Å². The van der Waals surface area contributed by atoms with Crippen LogP contribution in [0.2, 0.25) is 0 Å². The summed E-state index contributed by atoms with van der Waals surface area (Å²) in [4.78, 5) is 0. The zero-order valence-electron chi connectivity index (χ0n) is 9.83. The van der Waals surface area contributed by atoms with Crippen molar-refractivity contribution in [1.29, 1.82) is 0 Å². The van der Waals surface area contributed by atoms with Gasteiger partial charge in [-0.05, 0) is 37.1 Å². The first kappa shape index (κ1) is 12.0. The second-order valence-corrected chi connectivity index (χ2v) is 3.66. The van der Waals surface area contributed by atoms with Gasteiger partial charge in [-0.15, -0.1) is 0 Å². The molecule has 0 spiro atoms. The van der Waals surface area contributed by atoms with Crippen LogP contribution in [0.25, 0.3) is 0 Å². The minimum absolute atomic E-state index is 0.203. The molecule has 0 heterocycles. The molecular formula is C12H19NO2. The molecule has 3 nitrogen and oxygen atoms in total. The van der Waals surface area contributed by atoms with Crippen molar-refractivity contribution in [1.82, 2.24) is 0 Å². The second-order valence-electron chi connectivity index (χ2n) is 3.66. The van der Waals surface area contributed by atoms with Crippen molar-refractivity contribution in [3.8, 4) is 0 Å². The number of aryl methyl sites for hydroxylation is 2. The Morgan fingerprint density at radius 3 is 2.07 bits per heavy atom. The largest absolute Gasteiger partial charge is 0.380 e. The molecule has 0 radical (unpaired) electrons. The van der Waals surface area contributed by atoms with Gasteiger partial charge in [0, 0.05) is 19.9 Å². The quantitative estimate of drug-likeness (QED) is 0.755. The Bertz CT molecular complexity index is 288. The lowest BCUT2D eigenvalue weighted by atomic mass is 10.1. The number of methoxy groups -OCH3 is 2. The summed E-state index contributed by atoms with van der Waals surface area (Å²) in [7, 11) is 3.27. The SMILES string of the molecule is COC(CNc1cc(C)cc(C)c1)OC. The molecule has 0 unspecified atom stereocenters. The monoisotopic (exact) mass is 209 g/mol. The molecule has 0 fully saturated rings. The van der Waals surface area contributed by atoms with E-state index in [2.05, 4.69) is 37.4 Å². The molecule has 1 N–H and O–H groups in total. The fourth-order valence-electron chi connectivity index (χ4n) is 1.54. The van der Waals surface area contributed by atoms with Gasteiger partial charge in [0.1, 0.15) is 0 Å². The van der Waals surface area contributed by atoms with Crippen LogP contribution < -0.4 is 5.32 Å². The summed E-state index contributed by atoms with van der Waals surface area (Å²) >= 11 is 0. The van der Waals surface area contributed by atoms with Crippen molar-refractivity contribution in [3.63, 3.8) is 0 Å². The number of rotatable bonds is 5. The van der Waals surface area contributed by atoms with Crippen LogP contribution in [-0.2, 0) is 9.47 Å². The van der Waals surface area contributed by atoms with Crippen LogP contribution in [0, 0.1) is 13.8 Å². The van der Waals surface area contributed by atoms with Crippen molar-refractivity contribution < 1.29 is 9.47 Å². The molecule has 1 aromatic rings. The van der Waals surface area contributed by atoms with Gasteiger partial charge in [0.25, 0.3) is 0 Å². The first-order valence-corrected chi connectivity index (χ1v) is 5.03. The molecule has 3 heteroatoms. The minimum atomic E-state index is -0.203. The van der Waals surface area contributed by atoms with Gasteiger partial charge in [-0.1, -0.05) is 6.07 Å². The van der Waals surface area contributed by atoms with Crippen molar-refractivity contribution in [2.75, 3.05) is 26.1 Å². The summed E-state index contributed by atoms with van der Waals surface area (Å²) in [5, 5.41) is 3.28. The number of hydrogen-bond acceptors (Lipinski definition) is 3. The molecule has 84 valence electrons. The third-order valence-electron chi connectivity index (χ3n) is 2.22. The topological polar surface area (TPSA) is 30.5 Å². The van der Waals surface area contributed by atoms with Crippen LogP contribution in [0.5, 0.6) is 0 Å². The van der Waals surface area contributed by atoms with Crippen LogP contribution >= 0.6 is 0 Å². The Hall–Kier alpha value is -1.06. The minimum Gasteiger partial charge on any atom is -0.380 e. The summed E-state index contributed by atoms with van der Waals surface area (Å²) in [6, 6.07) is 6.36. The summed E-state index contributed by atoms with van der Waals surface area (Å²) in [6.07, 6.45) is -0.203. The van der Waals surface area contributed by atoms with Crippen molar-refractivity contribution in [2.45, 2.75) is 20.1 Å². The van der Waals surface area contributed by atoms with Crippen LogP contribution in [0.15, 0.2) is 18.2 Å². The van der Waals surface area contributed by atoms with Crippen LogP contribution in [-0.4, -0.2) is 27.1 Å². The second kappa shape index (κ2) is 5.73. The lowest BCUT2D eigenvalue weighted by molar-refractivity contribution is -0.0914. The molecule has 0 saturated heterocycles. The normalized spacial score (nSPS) is 10.7. The first-order chi connectivity index (χ1) is 7.15. The predicted molar refractivity (Wildman–Crippen MR) is 62.2 cm³/mol. The van der Waals surface area contributed by atoms with E-state index in [0.29, 0.717) is 6.54 Å². The van der Waals surface area contributed by atoms with Gasteiger partial charge >= 0.3 is 0 Å². The van der Waals surface area contributed by atoms with Gasteiger partial charge in [-0.25, -0.2) is 0 Å². The van der Waals surface area contributed by atoms with E-state index in [9.17, 15) is 0 Å². The third kappa shape index (κ3) is 3.90. The Kier molecular flexibility index (Phi) is 4.59. The molecule has 0 aromatic heterocycles. The zero-order valence-corrected chi connectivity index (χ0v) is 9.83. The number of nitrogens with one attached hydrogen (secondary N) is 1. The van der Waals surface area contributed by atoms with Crippen LogP contribution in [0.4, 0.5) is 5.69 Å². The highest BCUT2D eigenvalue weighted by molar-refractivity contribution is 5.48. The Balaban J connectivity index is 2.57. The number of ether oxygens (including phenoxy) is 2. The van der Waals surface area contributed by atoms with Crippen molar-refractivity contribution in [3.05, 3.63) is 29.3 Å². The first-order valence-electron chi connectivity index (χ1n) is 5.03. The maximum atomic E-state index is 5.10. The molecule has 0 aliphatic heterocycles. The summed E-state index contributed by atoms with van der Waals surface area (Å²) in [6.45, 7) is 4.82. The number of benzene rings is 1. The van der Waals surface area contributed by atoms with Crippen molar-refractivity contribution >= 4 is 5.69 Å². The number of anilines is 1. The Morgan fingerprint density at radius 1 is 1.07 bits per heavy atom. The van der Waals surface area contributed by atoms with E-state index in [0.717, 1.165) is 5.69 Å². The van der Waals surface area contributed by atoms with Crippen LogP contribution in [0.1, 0.15) is 11.1 Å². The highest BCUT2D eigenvalue weighted by Crippen LogP contribution is 2.13. The smallest absolute Gasteiger partial charge is 0.173 e. The molecule has 0 aliphatic rings. The highest BCUT2D eigenvalue weighted by Gasteiger charge is 2.04. The van der Waals surface area contributed by atoms with Crippen molar-refractivity contribution in [2.24, 2.45) is 0 Å². The van der Waals surface area contributed by atoms with E-state index >= 15 is 0 Å². The molecule has 0 bridgehead atoms. The summed E-state index contributed by atoms with van der Waals surface area (Å²) in [5.41, 5.74) is 3.61. The van der Waals surface area contributed by atoms with E-state index < -0.39 is 0 Å². The maximum absolute atomic E-state index is 5.10. The molecule has 0 atom stereocenters.